The second-order valence-electron chi connectivity index (χ2n) is 8.27. The summed E-state index contributed by atoms with van der Waals surface area (Å²) in [5, 5.41) is 13.2. The molecule has 6 nitrogen and oxygen atoms in total. The van der Waals surface area contributed by atoms with Crippen LogP contribution in [0.2, 0.25) is 0 Å². The molecule has 1 aliphatic heterocycles. The zero-order chi connectivity index (χ0) is 23.4. The summed E-state index contributed by atoms with van der Waals surface area (Å²) >= 11 is 0. The molecule has 0 saturated carbocycles. The fourth-order valence-electron chi connectivity index (χ4n) is 4.26. The number of hydrogen-bond donors (Lipinski definition) is 2. The maximum atomic E-state index is 13.2. The molecule has 1 amide bonds. The van der Waals surface area contributed by atoms with Gasteiger partial charge in [-0.1, -0.05) is 30.3 Å². The second-order valence-corrected chi connectivity index (χ2v) is 8.27. The molecule has 3 aromatic carbocycles. The summed E-state index contributed by atoms with van der Waals surface area (Å²) in [5.41, 5.74) is 4.40. The van der Waals surface area contributed by atoms with Crippen LogP contribution in [0.3, 0.4) is 0 Å². The number of aromatic hydroxyl groups is 1. The predicted octanol–water partition coefficient (Wildman–Crippen LogP) is 5.40. The minimum Gasteiger partial charge on any atom is -0.507 e. The van der Waals surface area contributed by atoms with Gasteiger partial charge in [-0.15, -0.1) is 0 Å². The van der Waals surface area contributed by atoms with Crippen molar-refractivity contribution in [3.63, 3.8) is 0 Å². The van der Waals surface area contributed by atoms with Crippen molar-refractivity contribution in [1.29, 1.82) is 0 Å². The van der Waals surface area contributed by atoms with E-state index in [4.69, 9.17) is 4.74 Å². The number of nitrogens with one attached hydrogen (secondary N) is 1. The number of rotatable bonds is 5. The number of phenolic OH excluding ortho intramolecular Hbond substituents is 1. The van der Waals surface area contributed by atoms with E-state index in [0.29, 0.717) is 5.69 Å². The van der Waals surface area contributed by atoms with Crippen LogP contribution in [0.1, 0.15) is 45.5 Å². The lowest BCUT2D eigenvalue weighted by atomic mass is 9.96. The number of hydrogen-bond acceptors (Lipinski definition) is 5. The molecule has 0 bridgehead atoms. The number of amides is 1. The number of carbonyl (C=O) groups is 2. The average molecular weight is 445 g/mol. The van der Waals surface area contributed by atoms with E-state index in [1.807, 2.05) is 43.3 Å². The van der Waals surface area contributed by atoms with Gasteiger partial charge >= 0.3 is 5.97 Å². The number of piperidine rings is 1. The van der Waals surface area contributed by atoms with E-state index in [9.17, 15) is 14.7 Å². The van der Waals surface area contributed by atoms with Crippen LogP contribution >= 0.6 is 0 Å². The van der Waals surface area contributed by atoms with E-state index in [0.717, 1.165) is 48.3 Å². The highest BCUT2D eigenvalue weighted by Crippen LogP contribution is 2.32. The van der Waals surface area contributed by atoms with Gasteiger partial charge in [0.05, 0.1) is 23.9 Å². The van der Waals surface area contributed by atoms with Crippen LogP contribution in [0, 0.1) is 6.92 Å². The summed E-state index contributed by atoms with van der Waals surface area (Å²) in [6.07, 6.45) is 3.42. The molecule has 0 unspecified atom stereocenters. The summed E-state index contributed by atoms with van der Waals surface area (Å²) < 4.78 is 4.94. The fourth-order valence-corrected chi connectivity index (χ4v) is 4.26. The van der Waals surface area contributed by atoms with Gasteiger partial charge in [-0.3, -0.25) is 4.79 Å². The molecule has 0 atom stereocenters. The van der Waals surface area contributed by atoms with Crippen LogP contribution in [0.4, 0.5) is 11.4 Å². The van der Waals surface area contributed by atoms with Gasteiger partial charge in [0.15, 0.2) is 0 Å². The molecule has 170 valence electrons. The fraction of sp³-hybridized carbons (Fsp3) is 0.259. The third-order valence-corrected chi connectivity index (χ3v) is 6.05. The van der Waals surface area contributed by atoms with Crippen LogP contribution in [0.5, 0.6) is 5.75 Å². The summed E-state index contributed by atoms with van der Waals surface area (Å²) in [4.78, 5) is 27.9. The van der Waals surface area contributed by atoms with Crippen molar-refractivity contribution in [3.8, 4) is 16.9 Å². The summed E-state index contributed by atoms with van der Waals surface area (Å²) in [6, 6.07) is 18.3. The Hall–Kier alpha value is -3.80. The molecule has 33 heavy (non-hydrogen) atoms. The van der Waals surface area contributed by atoms with Crippen LogP contribution in [0.15, 0.2) is 60.7 Å². The van der Waals surface area contributed by atoms with Gasteiger partial charge < -0.3 is 20.1 Å². The lowest BCUT2D eigenvalue weighted by Gasteiger charge is -2.29. The van der Waals surface area contributed by atoms with Crippen LogP contribution < -0.4 is 10.2 Å². The SMILES string of the molecule is COC(=O)c1cc(C)c(-c2ccccc2)cc1NC(=O)c1cc(N2CCCCC2)ccc1O. The van der Waals surface area contributed by atoms with Crippen LogP contribution in [-0.2, 0) is 4.74 Å². The lowest BCUT2D eigenvalue weighted by Crippen LogP contribution is -2.29. The Morgan fingerprint density at radius 3 is 2.36 bits per heavy atom. The number of esters is 1. The zero-order valence-electron chi connectivity index (χ0n) is 18.9. The number of benzene rings is 3. The van der Waals surface area contributed by atoms with Crippen LogP contribution in [0.25, 0.3) is 11.1 Å². The summed E-state index contributed by atoms with van der Waals surface area (Å²) in [6.45, 7) is 3.77. The van der Waals surface area contributed by atoms with Crippen molar-refractivity contribution < 1.29 is 19.4 Å². The molecule has 0 aromatic heterocycles. The van der Waals surface area contributed by atoms with Crippen molar-refractivity contribution in [2.24, 2.45) is 0 Å². The van der Waals surface area contributed by atoms with Gasteiger partial charge in [0.1, 0.15) is 5.75 Å². The molecule has 1 fully saturated rings. The maximum absolute atomic E-state index is 13.2. The van der Waals surface area contributed by atoms with Crippen molar-refractivity contribution in [2.75, 3.05) is 30.4 Å². The van der Waals surface area contributed by atoms with Gasteiger partial charge in [0.25, 0.3) is 5.91 Å². The Labute approximate surface area is 193 Å². The van der Waals surface area contributed by atoms with Crippen molar-refractivity contribution in [1.82, 2.24) is 0 Å². The highest BCUT2D eigenvalue weighted by Gasteiger charge is 2.21. The molecule has 6 heteroatoms. The average Bonchev–Trinajstić information content (AvgIpc) is 2.85. The molecule has 1 aliphatic rings. The molecule has 0 aliphatic carbocycles. The van der Waals surface area contributed by atoms with Crippen LogP contribution in [-0.4, -0.2) is 37.2 Å². The van der Waals surface area contributed by atoms with Gasteiger partial charge in [0.2, 0.25) is 0 Å². The van der Waals surface area contributed by atoms with Gasteiger partial charge in [-0.2, -0.15) is 0 Å². The first-order chi connectivity index (χ1) is 16.0. The molecule has 1 saturated heterocycles. The molecular formula is C27H28N2O4. The van der Waals surface area contributed by atoms with E-state index < -0.39 is 11.9 Å². The van der Waals surface area contributed by atoms with Crippen molar-refractivity contribution >= 4 is 23.3 Å². The van der Waals surface area contributed by atoms with Gasteiger partial charge in [-0.05, 0) is 73.2 Å². The minimum atomic E-state index is -0.542. The Balaban J connectivity index is 1.70. The first-order valence-corrected chi connectivity index (χ1v) is 11.2. The van der Waals surface area contributed by atoms with E-state index in [-0.39, 0.29) is 16.9 Å². The Bertz CT molecular complexity index is 1170. The Morgan fingerprint density at radius 1 is 0.939 bits per heavy atom. The number of phenols is 1. The molecule has 2 N–H and O–H groups in total. The molecule has 1 heterocycles. The van der Waals surface area contributed by atoms with E-state index in [1.165, 1.54) is 13.5 Å². The third-order valence-electron chi connectivity index (χ3n) is 6.05. The molecule has 3 aromatic rings. The van der Waals surface area contributed by atoms with E-state index in [2.05, 4.69) is 10.2 Å². The normalized spacial score (nSPS) is 13.5. The number of ether oxygens (including phenoxy) is 1. The van der Waals surface area contributed by atoms with E-state index >= 15 is 0 Å². The predicted molar refractivity (Wildman–Crippen MR) is 130 cm³/mol. The zero-order valence-corrected chi connectivity index (χ0v) is 18.9. The molecule has 0 spiro atoms. The molecule has 0 radical (unpaired) electrons. The van der Waals surface area contributed by atoms with Crippen molar-refractivity contribution in [3.05, 3.63) is 77.4 Å². The quantitative estimate of drug-likeness (QED) is 0.516. The topological polar surface area (TPSA) is 78.9 Å². The first kappa shape index (κ1) is 22.4. The number of aryl methyl sites for hydroxylation is 1. The molecular weight excluding hydrogens is 416 g/mol. The molecule has 4 rings (SSSR count). The minimum absolute atomic E-state index is 0.108. The third kappa shape index (κ3) is 4.85. The Morgan fingerprint density at radius 2 is 1.67 bits per heavy atom. The van der Waals surface area contributed by atoms with Crippen molar-refractivity contribution in [2.45, 2.75) is 26.2 Å². The number of anilines is 2. The second kappa shape index (κ2) is 9.77. The van der Waals surface area contributed by atoms with E-state index in [1.54, 1.807) is 24.3 Å². The summed E-state index contributed by atoms with van der Waals surface area (Å²) in [7, 11) is 1.31. The number of carbonyl (C=O) groups excluding carboxylic acids is 2. The summed E-state index contributed by atoms with van der Waals surface area (Å²) in [5.74, 6) is -1.14. The highest BCUT2D eigenvalue weighted by atomic mass is 16.5. The first-order valence-electron chi connectivity index (χ1n) is 11.2. The standard InChI is InChI=1S/C27H28N2O4/c1-18-15-22(27(32)33-2)24(17-21(18)19-9-5-3-6-10-19)28-26(31)23-16-20(11-12-25(23)30)29-13-7-4-8-14-29/h3,5-6,9-12,15-17,30H,4,7-8,13-14H2,1-2H3,(H,28,31). The highest BCUT2D eigenvalue weighted by molar-refractivity contribution is 6.10. The number of nitrogens with zero attached hydrogens (tertiary/aromatic N) is 1. The smallest absolute Gasteiger partial charge is 0.339 e. The lowest BCUT2D eigenvalue weighted by molar-refractivity contribution is 0.0602. The Kier molecular flexibility index (Phi) is 6.63. The number of methoxy groups -OCH3 is 1. The maximum Gasteiger partial charge on any atom is 0.339 e. The van der Waals surface area contributed by atoms with Gasteiger partial charge in [0, 0.05) is 18.8 Å². The van der Waals surface area contributed by atoms with Gasteiger partial charge in [-0.25, -0.2) is 4.79 Å². The largest absolute Gasteiger partial charge is 0.507 e. The monoisotopic (exact) mass is 444 g/mol.